The molecule has 24 heavy (non-hydrogen) atoms. The Kier molecular flexibility index (Phi) is 4.29. The van der Waals surface area contributed by atoms with Gasteiger partial charge in [-0.05, 0) is 44.0 Å². The number of benzene rings is 1. The van der Waals surface area contributed by atoms with Crippen LogP contribution in [0.15, 0.2) is 24.3 Å². The molecular weight excluding hydrogens is 304 g/mol. The lowest BCUT2D eigenvalue weighted by molar-refractivity contribution is -0.132. The fourth-order valence-electron chi connectivity index (χ4n) is 3.69. The summed E-state index contributed by atoms with van der Waals surface area (Å²) in [6.07, 6.45) is 1.93. The van der Waals surface area contributed by atoms with Crippen molar-refractivity contribution in [2.24, 2.45) is 5.92 Å². The standard InChI is InChI=1S/C18H22N4O2/c1-18(16(23)21(2)17(24)20-18)15-4-3-9-22(12-15)11-14-7-5-13(10-19)6-8-14/h5-8,15H,3-4,9,11-12H2,1-2H3,(H,20,24)/t15-,18-/m1/s1. The average molecular weight is 326 g/mol. The molecule has 0 aromatic heterocycles. The van der Waals surface area contributed by atoms with E-state index in [0.29, 0.717) is 5.56 Å². The van der Waals surface area contributed by atoms with Crippen molar-refractivity contribution in [1.82, 2.24) is 15.1 Å². The number of likely N-dealkylation sites (tertiary alicyclic amines) is 1. The minimum Gasteiger partial charge on any atom is -0.323 e. The van der Waals surface area contributed by atoms with E-state index in [9.17, 15) is 9.59 Å². The van der Waals surface area contributed by atoms with Crippen molar-refractivity contribution in [3.05, 3.63) is 35.4 Å². The second-order valence-electron chi connectivity index (χ2n) is 6.88. The monoisotopic (exact) mass is 326 g/mol. The van der Waals surface area contributed by atoms with Gasteiger partial charge in [-0.3, -0.25) is 14.6 Å². The molecule has 3 amide bonds. The van der Waals surface area contributed by atoms with Gasteiger partial charge in [0.1, 0.15) is 5.54 Å². The molecule has 2 heterocycles. The molecule has 0 saturated carbocycles. The number of amides is 3. The molecule has 2 saturated heterocycles. The molecular formula is C18H22N4O2. The Labute approximate surface area is 142 Å². The lowest BCUT2D eigenvalue weighted by Crippen LogP contribution is -2.55. The van der Waals surface area contributed by atoms with Crippen molar-refractivity contribution < 1.29 is 9.59 Å². The van der Waals surface area contributed by atoms with Gasteiger partial charge < -0.3 is 5.32 Å². The number of carbonyl (C=O) groups is 2. The number of rotatable bonds is 3. The molecule has 0 spiro atoms. The molecule has 0 radical (unpaired) electrons. The van der Waals surface area contributed by atoms with E-state index in [1.165, 1.54) is 11.9 Å². The first-order valence-corrected chi connectivity index (χ1v) is 8.26. The number of hydrogen-bond acceptors (Lipinski definition) is 4. The van der Waals surface area contributed by atoms with Gasteiger partial charge in [-0.15, -0.1) is 0 Å². The summed E-state index contributed by atoms with van der Waals surface area (Å²) in [6.45, 7) is 4.38. The molecule has 126 valence electrons. The molecule has 1 aromatic carbocycles. The SMILES string of the molecule is CN1C(=O)N[C@](C)([C@@H]2CCCN(Cc3ccc(C#N)cc3)C2)C1=O. The summed E-state index contributed by atoms with van der Waals surface area (Å²) in [5.41, 5.74) is 0.999. The number of nitrogens with zero attached hydrogens (tertiary/aromatic N) is 3. The topological polar surface area (TPSA) is 76.4 Å². The van der Waals surface area contributed by atoms with Crippen LogP contribution in [-0.4, -0.2) is 47.4 Å². The molecule has 2 aliphatic rings. The summed E-state index contributed by atoms with van der Waals surface area (Å²) in [6, 6.07) is 9.41. The molecule has 2 fully saturated rings. The summed E-state index contributed by atoms with van der Waals surface area (Å²) in [5.74, 6) is -0.0382. The number of urea groups is 1. The summed E-state index contributed by atoms with van der Waals surface area (Å²) in [7, 11) is 1.53. The van der Waals surface area contributed by atoms with Crippen LogP contribution in [0, 0.1) is 17.2 Å². The number of carbonyl (C=O) groups excluding carboxylic acids is 2. The third kappa shape index (κ3) is 2.87. The van der Waals surface area contributed by atoms with Crippen molar-refractivity contribution >= 4 is 11.9 Å². The van der Waals surface area contributed by atoms with E-state index in [2.05, 4.69) is 16.3 Å². The van der Waals surface area contributed by atoms with E-state index in [4.69, 9.17) is 5.26 Å². The van der Waals surface area contributed by atoms with E-state index in [0.717, 1.165) is 38.0 Å². The molecule has 1 aromatic rings. The van der Waals surface area contributed by atoms with Crippen LogP contribution in [0.1, 0.15) is 30.9 Å². The molecule has 2 aliphatic heterocycles. The predicted molar refractivity (Wildman–Crippen MR) is 88.9 cm³/mol. The Morgan fingerprint density at radius 1 is 1.33 bits per heavy atom. The Bertz CT molecular complexity index is 694. The first kappa shape index (κ1) is 16.5. The highest BCUT2D eigenvalue weighted by molar-refractivity contribution is 6.06. The van der Waals surface area contributed by atoms with E-state index in [-0.39, 0.29) is 17.9 Å². The van der Waals surface area contributed by atoms with E-state index < -0.39 is 5.54 Å². The van der Waals surface area contributed by atoms with Gasteiger partial charge in [-0.1, -0.05) is 12.1 Å². The largest absolute Gasteiger partial charge is 0.324 e. The summed E-state index contributed by atoms with van der Waals surface area (Å²) >= 11 is 0. The highest BCUT2D eigenvalue weighted by atomic mass is 16.2. The summed E-state index contributed by atoms with van der Waals surface area (Å²) in [4.78, 5) is 27.8. The Hall–Kier alpha value is -2.39. The number of piperidine rings is 1. The van der Waals surface area contributed by atoms with Gasteiger partial charge in [-0.25, -0.2) is 4.79 Å². The second kappa shape index (κ2) is 6.25. The first-order chi connectivity index (χ1) is 11.4. The Balaban J connectivity index is 1.69. The molecule has 1 N–H and O–H groups in total. The zero-order valence-electron chi connectivity index (χ0n) is 14.1. The highest BCUT2D eigenvalue weighted by Gasteiger charge is 2.51. The van der Waals surface area contributed by atoms with Gasteiger partial charge in [0.2, 0.25) is 0 Å². The van der Waals surface area contributed by atoms with Crippen LogP contribution >= 0.6 is 0 Å². The minimum atomic E-state index is -0.810. The predicted octanol–water partition coefficient (Wildman–Crippen LogP) is 1.71. The van der Waals surface area contributed by atoms with Crippen molar-refractivity contribution in [3.63, 3.8) is 0 Å². The maximum Gasteiger partial charge on any atom is 0.324 e. The summed E-state index contributed by atoms with van der Waals surface area (Å²) < 4.78 is 0. The van der Waals surface area contributed by atoms with Crippen LogP contribution < -0.4 is 5.32 Å². The molecule has 0 unspecified atom stereocenters. The maximum absolute atomic E-state index is 12.5. The third-order valence-electron chi connectivity index (χ3n) is 5.23. The summed E-state index contributed by atoms with van der Waals surface area (Å²) in [5, 5.41) is 11.7. The van der Waals surface area contributed by atoms with Gasteiger partial charge in [-0.2, -0.15) is 5.26 Å². The lowest BCUT2D eigenvalue weighted by Gasteiger charge is -2.39. The maximum atomic E-state index is 12.5. The van der Waals surface area contributed by atoms with E-state index in [1.54, 1.807) is 0 Å². The van der Waals surface area contributed by atoms with E-state index >= 15 is 0 Å². The van der Waals surface area contributed by atoms with E-state index in [1.807, 2.05) is 31.2 Å². The van der Waals surface area contributed by atoms with Crippen molar-refractivity contribution in [2.45, 2.75) is 31.8 Å². The normalized spacial score (nSPS) is 27.9. The van der Waals surface area contributed by atoms with Crippen molar-refractivity contribution in [1.29, 1.82) is 5.26 Å². The van der Waals surface area contributed by atoms with Gasteiger partial charge >= 0.3 is 6.03 Å². The van der Waals surface area contributed by atoms with Gasteiger partial charge in [0.25, 0.3) is 5.91 Å². The zero-order valence-corrected chi connectivity index (χ0v) is 14.1. The number of likely N-dealkylation sites (N-methyl/N-ethyl adjacent to an activating group) is 1. The molecule has 0 aliphatic carbocycles. The van der Waals surface area contributed by atoms with Crippen molar-refractivity contribution in [3.8, 4) is 6.07 Å². The lowest BCUT2D eigenvalue weighted by atomic mass is 9.80. The smallest absolute Gasteiger partial charge is 0.323 e. The van der Waals surface area contributed by atoms with Gasteiger partial charge in [0, 0.05) is 26.1 Å². The Morgan fingerprint density at radius 2 is 2.04 bits per heavy atom. The van der Waals surface area contributed by atoms with Crippen LogP contribution in [-0.2, 0) is 11.3 Å². The van der Waals surface area contributed by atoms with Gasteiger partial charge in [0.15, 0.2) is 0 Å². The van der Waals surface area contributed by atoms with Crippen LogP contribution in [0.3, 0.4) is 0 Å². The molecule has 6 heteroatoms. The number of imide groups is 1. The Morgan fingerprint density at radius 3 is 2.62 bits per heavy atom. The second-order valence-corrected chi connectivity index (χ2v) is 6.88. The highest BCUT2D eigenvalue weighted by Crippen LogP contribution is 2.32. The fourth-order valence-corrected chi connectivity index (χ4v) is 3.69. The number of nitrogens with one attached hydrogen (secondary N) is 1. The fraction of sp³-hybridized carbons (Fsp3) is 0.500. The van der Waals surface area contributed by atoms with Crippen molar-refractivity contribution in [2.75, 3.05) is 20.1 Å². The number of nitriles is 1. The van der Waals surface area contributed by atoms with Crippen LogP contribution in [0.4, 0.5) is 4.79 Å². The zero-order chi connectivity index (χ0) is 17.3. The average Bonchev–Trinajstić information content (AvgIpc) is 2.80. The number of hydrogen-bond donors (Lipinski definition) is 1. The first-order valence-electron chi connectivity index (χ1n) is 8.26. The molecule has 3 rings (SSSR count). The van der Waals surface area contributed by atoms with Crippen LogP contribution in [0.2, 0.25) is 0 Å². The molecule has 2 atom stereocenters. The molecule has 6 nitrogen and oxygen atoms in total. The minimum absolute atomic E-state index is 0.103. The van der Waals surface area contributed by atoms with Gasteiger partial charge in [0.05, 0.1) is 11.6 Å². The molecule has 0 bridgehead atoms. The van der Waals surface area contributed by atoms with Crippen LogP contribution in [0.25, 0.3) is 0 Å². The third-order valence-corrected chi connectivity index (χ3v) is 5.23. The van der Waals surface area contributed by atoms with Crippen LogP contribution in [0.5, 0.6) is 0 Å². The quantitative estimate of drug-likeness (QED) is 0.858.